The third-order valence-corrected chi connectivity index (χ3v) is 5.99. The molecule has 4 unspecified atom stereocenters. The molecule has 7 heteroatoms. The van der Waals surface area contributed by atoms with Gasteiger partial charge in [-0.2, -0.15) is 0 Å². The normalized spacial score (nSPS) is 32.9. The maximum Gasteiger partial charge on any atom is 0.269 e. The van der Waals surface area contributed by atoms with Gasteiger partial charge in [0.1, 0.15) is 0 Å². The SMILES string of the molecule is C1CC2NCCC2N1.O=[N+]([O-])c1ccc(N2CCC3NCCC32)cc1. The van der Waals surface area contributed by atoms with Gasteiger partial charge in [0, 0.05) is 48.5 Å². The van der Waals surface area contributed by atoms with Crippen molar-refractivity contribution in [1.82, 2.24) is 16.0 Å². The molecule has 1 aromatic rings. The van der Waals surface area contributed by atoms with Crippen molar-refractivity contribution in [3.63, 3.8) is 0 Å². The van der Waals surface area contributed by atoms with E-state index in [1.165, 1.54) is 38.8 Å². The highest BCUT2D eigenvalue weighted by molar-refractivity contribution is 5.53. The van der Waals surface area contributed by atoms with Gasteiger partial charge in [-0.15, -0.1) is 0 Å². The maximum atomic E-state index is 10.6. The van der Waals surface area contributed by atoms with Gasteiger partial charge in [-0.25, -0.2) is 0 Å². The van der Waals surface area contributed by atoms with Crippen LogP contribution in [-0.2, 0) is 0 Å². The van der Waals surface area contributed by atoms with Crippen molar-refractivity contribution in [3.8, 4) is 0 Å². The van der Waals surface area contributed by atoms with Gasteiger partial charge in [0.25, 0.3) is 5.69 Å². The molecule has 4 atom stereocenters. The summed E-state index contributed by atoms with van der Waals surface area (Å²) < 4.78 is 0. The lowest BCUT2D eigenvalue weighted by molar-refractivity contribution is -0.384. The fourth-order valence-electron chi connectivity index (χ4n) is 4.69. The second-order valence-corrected chi connectivity index (χ2v) is 7.37. The van der Waals surface area contributed by atoms with Gasteiger partial charge in [-0.3, -0.25) is 10.1 Å². The summed E-state index contributed by atoms with van der Waals surface area (Å²) in [5, 5.41) is 21.0. The summed E-state index contributed by atoms with van der Waals surface area (Å²) in [6, 6.07) is 9.69. The van der Waals surface area contributed by atoms with Gasteiger partial charge in [0.05, 0.1) is 4.92 Å². The minimum atomic E-state index is -0.353. The lowest BCUT2D eigenvalue weighted by atomic mass is 10.1. The fraction of sp³-hybridized carbons (Fsp3) is 0.667. The number of nitrogens with one attached hydrogen (secondary N) is 3. The van der Waals surface area contributed by atoms with Gasteiger partial charge >= 0.3 is 0 Å². The first-order valence-corrected chi connectivity index (χ1v) is 9.43. The molecule has 0 aliphatic carbocycles. The van der Waals surface area contributed by atoms with Gasteiger partial charge in [0.15, 0.2) is 0 Å². The lowest BCUT2D eigenvalue weighted by Gasteiger charge is -2.25. The Bertz CT molecular complexity index is 588. The van der Waals surface area contributed by atoms with E-state index in [0.717, 1.165) is 30.9 Å². The van der Waals surface area contributed by atoms with Crippen LogP contribution in [0.5, 0.6) is 0 Å². The molecule has 0 bridgehead atoms. The molecule has 0 aromatic heterocycles. The first-order valence-electron chi connectivity index (χ1n) is 9.43. The average molecular weight is 345 g/mol. The first-order chi connectivity index (χ1) is 12.2. The van der Waals surface area contributed by atoms with E-state index in [0.29, 0.717) is 12.1 Å². The molecule has 3 N–H and O–H groups in total. The molecule has 4 aliphatic heterocycles. The molecular formula is C18H27N5O2. The fourth-order valence-corrected chi connectivity index (χ4v) is 4.69. The Morgan fingerprint density at radius 2 is 1.48 bits per heavy atom. The summed E-state index contributed by atoms with van der Waals surface area (Å²) in [4.78, 5) is 12.6. The van der Waals surface area contributed by atoms with Crippen LogP contribution in [0.25, 0.3) is 0 Å². The third kappa shape index (κ3) is 3.49. The highest BCUT2D eigenvalue weighted by atomic mass is 16.6. The number of nitro groups is 1. The molecule has 5 rings (SSSR count). The van der Waals surface area contributed by atoms with Gasteiger partial charge in [-0.1, -0.05) is 0 Å². The van der Waals surface area contributed by atoms with Crippen molar-refractivity contribution in [3.05, 3.63) is 34.4 Å². The van der Waals surface area contributed by atoms with Crippen LogP contribution in [0.4, 0.5) is 11.4 Å². The number of nitro benzene ring substituents is 1. The molecule has 1 aromatic carbocycles. The Morgan fingerprint density at radius 3 is 2.12 bits per heavy atom. The number of benzene rings is 1. The van der Waals surface area contributed by atoms with Crippen molar-refractivity contribution in [1.29, 1.82) is 0 Å². The second-order valence-electron chi connectivity index (χ2n) is 7.37. The Hall–Kier alpha value is -1.70. The quantitative estimate of drug-likeness (QED) is 0.553. The minimum Gasteiger partial charge on any atom is -0.367 e. The van der Waals surface area contributed by atoms with Crippen LogP contribution < -0.4 is 20.9 Å². The molecule has 4 heterocycles. The summed E-state index contributed by atoms with van der Waals surface area (Å²) >= 11 is 0. The summed E-state index contributed by atoms with van der Waals surface area (Å²) in [6.45, 7) is 4.57. The van der Waals surface area contributed by atoms with Crippen LogP contribution in [-0.4, -0.2) is 55.3 Å². The molecule has 4 saturated heterocycles. The standard InChI is InChI=1S/C12H15N3O2.C6H12N2/c16-15(17)10-3-1-9(2-4-10)14-8-6-11-12(14)5-7-13-11;1-3-7-6-2-4-8-5(1)6/h1-4,11-13H,5-8H2;5-8H,1-4H2. The monoisotopic (exact) mass is 345 g/mol. The molecule has 25 heavy (non-hydrogen) atoms. The number of fused-ring (bicyclic) bond motifs is 2. The van der Waals surface area contributed by atoms with Crippen molar-refractivity contribution >= 4 is 11.4 Å². The Morgan fingerprint density at radius 1 is 0.880 bits per heavy atom. The summed E-state index contributed by atoms with van der Waals surface area (Å²) in [6.07, 6.45) is 5.01. The lowest BCUT2D eigenvalue weighted by Crippen LogP contribution is -2.34. The highest BCUT2D eigenvalue weighted by Gasteiger charge is 2.37. The zero-order chi connectivity index (χ0) is 17.2. The predicted molar refractivity (Wildman–Crippen MR) is 98.1 cm³/mol. The van der Waals surface area contributed by atoms with E-state index in [9.17, 15) is 10.1 Å². The molecule has 4 aliphatic rings. The van der Waals surface area contributed by atoms with Crippen LogP contribution in [0.3, 0.4) is 0 Å². The topological polar surface area (TPSA) is 82.5 Å². The first kappa shape index (κ1) is 16.8. The molecule has 0 saturated carbocycles. The third-order valence-electron chi connectivity index (χ3n) is 5.99. The van der Waals surface area contributed by atoms with Crippen molar-refractivity contribution < 1.29 is 4.92 Å². The number of anilines is 1. The van der Waals surface area contributed by atoms with E-state index in [1.807, 2.05) is 12.1 Å². The molecule has 0 spiro atoms. The van der Waals surface area contributed by atoms with Crippen LogP contribution in [0, 0.1) is 10.1 Å². The zero-order valence-corrected chi connectivity index (χ0v) is 14.5. The number of hydrogen-bond acceptors (Lipinski definition) is 6. The molecule has 0 amide bonds. The van der Waals surface area contributed by atoms with E-state index in [1.54, 1.807) is 12.1 Å². The minimum absolute atomic E-state index is 0.161. The van der Waals surface area contributed by atoms with E-state index in [-0.39, 0.29) is 10.6 Å². The number of nitrogens with zero attached hydrogens (tertiary/aromatic N) is 2. The summed E-state index contributed by atoms with van der Waals surface area (Å²) in [5.41, 5.74) is 1.26. The molecule has 7 nitrogen and oxygen atoms in total. The Labute approximate surface area is 148 Å². The highest BCUT2D eigenvalue weighted by Crippen LogP contribution is 2.31. The average Bonchev–Trinajstić information content (AvgIpc) is 3.36. The smallest absolute Gasteiger partial charge is 0.269 e. The van der Waals surface area contributed by atoms with Crippen LogP contribution >= 0.6 is 0 Å². The number of rotatable bonds is 2. The van der Waals surface area contributed by atoms with E-state index < -0.39 is 0 Å². The van der Waals surface area contributed by atoms with Crippen LogP contribution in [0.15, 0.2) is 24.3 Å². The number of hydrogen-bond donors (Lipinski definition) is 3. The van der Waals surface area contributed by atoms with Crippen LogP contribution in [0.2, 0.25) is 0 Å². The van der Waals surface area contributed by atoms with E-state index in [4.69, 9.17) is 0 Å². The Balaban J connectivity index is 0.000000163. The van der Waals surface area contributed by atoms with E-state index in [2.05, 4.69) is 20.9 Å². The van der Waals surface area contributed by atoms with Crippen molar-refractivity contribution in [2.75, 3.05) is 31.1 Å². The summed E-state index contributed by atoms with van der Waals surface area (Å²) in [5.74, 6) is 0. The molecule has 0 radical (unpaired) electrons. The van der Waals surface area contributed by atoms with Gasteiger partial charge in [-0.05, 0) is 57.5 Å². The predicted octanol–water partition coefficient (Wildman–Crippen LogP) is 1.25. The van der Waals surface area contributed by atoms with Crippen LogP contribution in [0.1, 0.15) is 25.7 Å². The van der Waals surface area contributed by atoms with Crippen molar-refractivity contribution in [2.24, 2.45) is 0 Å². The largest absolute Gasteiger partial charge is 0.367 e. The molecule has 136 valence electrons. The molecular weight excluding hydrogens is 318 g/mol. The number of non-ortho nitro benzene ring substituents is 1. The van der Waals surface area contributed by atoms with Gasteiger partial charge in [0.2, 0.25) is 0 Å². The van der Waals surface area contributed by atoms with Gasteiger partial charge < -0.3 is 20.9 Å². The molecule has 4 fully saturated rings. The zero-order valence-electron chi connectivity index (χ0n) is 14.5. The maximum absolute atomic E-state index is 10.6. The Kier molecular flexibility index (Phi) is 4.87. The summed E-state index contributed by atoms with van der Waals surface area (Å²) in [7, 11) is 0. The van der Waals surface area contributed by atoms with E-state index >= 15 is 0 Å². The second kappa shape index (κ2) is 7.27. The van der Waals surface area contributed by atoms with Crippen molar-refractivity contribution in [2.45, 2.75) is 49.9 Å².